The van der Waals surface area contributed by atoms with Crippen molar-refractivity contribution < 1.29 is 9.53 Å². The lowest BCUT2D eigenvalue weighted by molar-refractivity contribution is -0.114. The molecular formula is C25H27N9O2. The number of ether oxygens (including phenoxy) is 1. The zero-order valence-electron chi connectivity index (χ0n) is 19.7. The second kappa shape index (κ2) is 10.7. The molecule has 2 atom stereocenters. The number of nitrogens with zero attached hydrogens (tertiary/aromatic N) is 8. The van der Waals surface area contributed by atoms with Gasteiger partial charge in [-0.3, -0.25) is 19.4 Å². The van der Waals surface area contributed by atoms with Crippen LogP contribution >= 0.6 is 0 Å². The van der Waals surface area contributed by atoms with Gasteiger partial charge in [0.1, 0.15) is 6.67 Å². The first-order valence-corrected chi connectivity index (χ1v) is 11.8. The van der Waals surface area contributed by atoms with Gasteiger partial charge in [0, 0.05) is 60.3 Å². The van der Waals surface area contributed by atoms with Gasteiger partial charge in [0.05, 0.1) is 24.1 Å². The number of nitrogens with two attached hydrogens (primary N) is 1. The van der Waals surface area contributed by atoms with Gasteiger partial charge in [0.15, 0.2) is 0 Å². The highest BCUT2D eigenvalue weighted by Crippen LogP contribution is 2.27. The van der Waals surface area contributed by atoms with Crippen LogP contribution in [-0.4, -0.2) is 50.9 Å². The van der Waals surface area contributed by atoms with Crippen LogP contribution < -0.4 is 10.9 Å². The van der Waals surface area contributed by atoms with Gasteiger partial charge in [-0.1, -0.05) is 17.2 Å². The van der Waals surface area contributed by atoms with Crippen LogP contribution in [0, 0.1) is 0 Å². The highest BCUT2D eigenvalue weighted by molar-refractivity contribution is 6.03. The molecule has 0 saturated carbocycles. The molecule has 2 aliphatic rings. The minimum atomic E-state index is -0.360. The fourth-order valence-corrected chi connectivity index (χ4v) is 4.69. The van der Waals surface area contributed by atoms with Crippen LogP contribution in [0.1, 0.15) is 24.0 Å². The number of hydrazine groups is 1. The van der Waals surface area contributed by atoms with E-state index in [0.717, 1.165) is 54.2 Å². The summed E-state index contributed by atoms with van der Waals surface area (Å²) >= 11 is 0. The van der Waals surface area contributed by atoms with Crippen LogP contribution in [0.4, 0.5) is 5.69 Å². The van der Waals surface area contributed by atoms with Crippen LogP contribution in [0.2, 0.25) is 0 Å². The summed E-state index contributed by atoms with van der Waals surface area (Å²) < 4.78 is 7.44. The Labute approximate surface area is 208 Å². The van der Waals surface area contributed by atoms with Gasteiger partial charge in [0.2, 0.25) is 0 Å². The third-order valence-electron chi connectivity index (χ3n) is 6.45. The van der Waals surface area contributed by atoms with Crippen LogP contribution in [0.5, 0.6) is 0 Å². The number of carbonyl (C=O) groups excluding carboxylic acids is 1. The lowest BCUT2D eigenvalue weighted by Crippen LogP contribution is -2.42. The lowest BCUT2D eigenvalue weighted by atomic mass is 10.0. The Morgan fingerprint density at radius 1 is 1.22 bits per heavy atom. The van der Waals surface area contributed by atoms with Gasteiger partial charge >= 0.3 is 0 Å². The minimum absolute atomic E-state index is 0.0969. The Morgan fingerprint density at radius 3 is 2.75 bits per heavy atom. The Morgan fingerprint density at radius 2 is 2.00 bits per heavy atom. The molecule has 2 aliphatic heterocycles. The van der Waals surface area contributed by atoms with Crippen LogP contribution in [0.25, 0.3) is 27.6 Å². The number of likely N-dealkylation sites (tertiary alicyclic amines) is 1. The van der Waals surface area contributed by atoms with Crippen LogP contribution in [0.15, 0.2) is 66.3 Å². The monoisotopic (exact) mass is 485 g/mol. The Kier molecular flexibility index (Phi) is 7.06. The number of rotatable bonds is 8. The van der Waals surface area contributed by atoms with Gasteiger partial charge in [-0.25, -0.2) is 10.9 Å². The van der Waals surface area contributed by atoms with Crippen molar-refractivity contribution in [3.8, 4) is 11.1 Å². The molecule has 2 aromatic heterocycles. The topological polar surface area (TPSA) is 138 Å². The summed E-state index contributed by atoms with van der Waals surface area (Å²) in [5.74, 6) is 5.76. The number of azide groups is 1. The van der Waals surface area contributed by atoms with E-state index in [2.05, 4.69) is 25.0 Å². The fourth-order valence-electron chi connectivity index (χ4n) is 4.69. The minimum Gasteiger partial charge on any atom is -0.372 e. The number of anilines is 1. The molecule has 11 heteroatoms. The smallest absolute Gasteiger partial charge is 0.265 e. The number of amides is 1. The number of benzene rings is 1. The van der Waals surface area contributed by atoms with E-state index in [9.17, 15) is 4.79 Å². The fraction of sp³-hybridized carbons (Fsp3) is 0.320. The molecule has 0 radical (unpaired) electrons. The number of hydrogen-bond donors (Lipinski definition) is 1. The van der Waals surface area contributed by atoms with Crippen LogP contribution in [-0.2, 0) is 22.7 Å². The lowest BCUT2D eigenvalue weighted by Gasteiger charge is -2.32. The van der Waals surface area contributed by atoms with E-state index in [-0.39, 0.29) is 12.6 Å². The highest BCUT2D eigenvalue weighted by Gasteiger charge is 2.33. The summed E-state index contributed by atoms with van der Waals surface area (Å²) in [4.78, 5) is 22.1. The molecule has 4 heterocycles. The average molecular weight is 486 g/mol. The molecule has 0 aliphatic carbocycles. The van der Waals surface area contributed by atoms with E-state index < -0.39 is 0 Å². The summed E-state index contributed by atoms with van der Waals surface area (Å²) in [5, 5.41) is 8.83. The van der Waals surface area contributed by atoms with Crippen molar-refractivity contribution in [1.29, 1.82) is 0 Å². The van der Waals surface area contributed by atoms with Crippen molar-refractivity contribution in [3.63, 3.8) is 0 Å². The van der Waals surface area contributed by atoms with Gasteiger partial charge in [-0.15, -0.1) is 0 Å². The molecule has 3 aromatic rings. The summed E-state index contributed by atoms with van der Waals surface area (Å²) in [7, 11) is 0. The molecule has 1 amide bonds. The van der Waals surface area contributed by atoms with Crippen molar-refractivity contribution in [3.05, 3.63) is 82.8 Å². The SMILES string of the molecule is [N-]=[N+]=NCn1cc(-c2ccncc2/C=C/C(=O)N(N)c2ccc(CN3CC4CCC(C3)O4)cc2)cn1. The highest BCUT2D eigenvalue weighted by atomic mass is 16.5. The number of pyridine rings is 1. The Hall–Kier alpha value is -4.02. The first-order valence-electron chi connectivity index (χ1n) is 11.8. The van der Waals surface area contributed by atoms with Crippen molar-refractivity contribution in [2.45, 2.75) is 38.3 Å². The molecule has 2 N–H and O–H groups in total. The van der Waals surface area contributed by atoms with E-state index in [4.69, 9.17) is 16.1 Å². The predicted molar refractivity (Wildman–Crippen MR) is 135 cm³/mol. The van der Waals surface area contributed by atoms with E-state index in [1.807, 2.05) is 30.3 Å². The molecule has 2 unspecified atom stereocenters. The summed E-state index contributed by atoms with van der Waals surface area (Å²) in [6.45, 7) is 2.89. The number of carbonyl (C=O) groups is 1. The first-order chi connectivity index (χ1) is 17.6. The van der Waals surface area contributed by atoms with Crippen molar-refractivity contribution in [2.24, 2.45) is 11.0 Å². The first kappa shape index (κ1) is 23.7. The normalized spacial score (nSPS) is 19.4. The van der Waals surface area contributed by atoms with E-state index in [1.165, 1.54) is 16.3 Å². The van der Waals surface area contributed by atoms with Crippen molar-refractivity contribution >= 4 is 17.7 Å². The maximum atomic E-state index is 12.8. The van der Waals surface area contributed by atoms with E-state index >= 15 is 0 Å². The largest absolute Gasteiger partial charge is 0.372 e. The molecule has 1 aromatic carbocycles. The number of aromatic nitrogens is 3. The molecule has 2 fully saturated rings. The maximum absolute atomic E-state index is 12.8. The molecule has 2 bridgehead atoms. The average Bonchev–Trinajstić information content (AvgIpc) is 3.52. The van der Waals surface area contributed by atoms with Crippen molar-refractivity contribution in [1.82, 2.24) is 19.7 Å². The predicted octanol–water partition coefficient (Wildman–Crippen LogP) is 3.50. The molecule has 11 nitrogen and oxygen atoms in total. The van der Waals surface area contributed by atoms with E-state index in [0.29, 0.717) is 17.9 Å². The second-order valence-corrected chi connectivity index (χ2v) is 8.96. The molecule has 2 saturated heterocycles. The maximum Gasteiger partial charge on any atom is 0.265 e. The second-order valence-electron chi connectivity index (χ2n) is 8.96. The molecular weight excluding hydrogens is 458 g/mol. The molecule has 36 heavy (non-hydrogen) atoms. The third kappa shape index (κ3) is 5.45. The summed E-state index contributed by atoms with van der Waals surface area (Å²) in [6, 6.07) is 9.58. The quantitative estimate of drug-likeness (QED) is 0.0986. The summed E-state index contributed by atoms with van der Waals surface area (Å²) in [6.07, 6.45) is 12.9. The van der Waals surface area contributed by atoms with Crippen LogP contribution in [0.3, 0.4) is 0 Å². The zero-order valence-corrected chi connectivity index (χ0v) is 19.7. The van der Waals surface area contributed by atoms with Gasteiger partial charge in [-0.2, -0.15) is 5.10 Å². The van der Waals surface area contributed by atoms with Crippen molar-refractivity contribution in [2.75, 3.05) is 18.1 Å². The third-order valence-corrected chi connectivity index (χ3v) is 6.45. The Bertz CT molecular complexity index is 1280. The number of hydrogen-bond acceptors (Lipinski definition) is 7. The number of fused-ring (bicyclic) bond motifs is 2. The van der Waals surface area contributed by atoms with Gasteiger partial charge in [0.25, 0.3) is 5.91 Å². The molecule has 5 rings (SSSR count). The Balaban J connectivity index is 1.23. The molecule has 0 spiro atoms. The number of morpholine rings is 1. The van der Waals surface area contributed by atoms with Gasteiger partial charge in [-0.05, 0) is 53.8 Å². The van der Waals surface area contributed by atoms with Gasteiger partial charge < -0.3 is 4.74 Å². The zero-order chi connectivity index (χ0) is 24.9. The molecule has 184 valence electrons. The summed E-state index contributed by atoms with van der Waals surface area (Å²) in [5.41, 5.74) is 12.7. The van der Waals surface area contributed by atoms with E-state index in [1.54, 1.807) is 30.9 Å². The standard InChI is InChI=1S/C25H27N9O2/c26-31-29-17-33-14-20(12-30-33)24-9-10-28-11-19(24)3-8-25(35)34(27)21-4-1-18(2-5-21)13-32-15-22-6-7-23(16-32)36-22/h1-5,8-12,14,22-23H,6-7,13,15-17,27H2/b8-3+.